The third-order valence-corrected chi connectivity index (χ3v) is 0. The predicted molar refractivity (Wildman–Crippen MR) is 10.5 cm³/mol. The molecule has 0 unspecified atom stereocenters. The van der Waals surface area contributed by atoms with Crippen molar-refractivity contribution in [3.8, 4) is 0 Å². The number of hydrogen-bond acceptors (Lipinski definition) is 3. The molecular weight excluding hydrogens is 143 g/mol. The van der Waals surface area contributed by atoms with Crippen LogP contribution in [0.25, 0.3) is 0 Å². The first kappa shape index (κ1) is 16.2. The third kappa shape index (κ3) is 33.2. The van der Waals surface area contributed by atoms with Gasteiger partial charge in [0.05, 0.1) is 0 Å². The molecule has 3 nitrogen and oxygen atoms in total. The molecule has 0 atom stereocenters. The van der Waals surface area contributed by atoms with Crippen molar-refractivity contribution in [2.24, 2.45) is 0 Å². The molecule has 0 saturated carbocycles. The first-order chi connectivity index (χ1) is 1.41. The van der Waals surface area contributed by atoms with Crippen LogP contribution in [0.5, 0.6) is 0 Å². The molecule has 0 fully saturated rings. The number of rotatable bonds is 0. The summed E-state index contributed by atoms with van der Waals surface area (Å²) in [5.74, 6) is 0. The van der Waals surface area contributed by atoms with Crippen LogP contribution >= 0.6 is 0 Å². The summed E-state index contributed by atoms with van der Waals surface area (Å²) in [5, 5.41) is 0. The van der Waals surface area contributed by atoms with Crippen molar-refractivity contribution in [3.63, 3.8) is 0 Å². The van der Waals surface area contributed by atoms with Gasteiger partial charge in [0.2, 0.25) is 0 Å². The van der Waals surface area contributed by atoms with E-state index in [9.17, 15) is 0 Å². The fourth-order valence-corrected chi connectivity index (χ4v) is 0. The quantitative estimate of drug-likeness (QED) is 0.408. The Hall–Kier alpha value is 1.34. The van der Waals surface area contributed by atoms with Crippen LogP contribution < -0.4 is 0 Å². The molecule has 29 valence electrons. The van der Waals surface area contributed by atoms with Crippen LogP contribution in [0.3, 0.4) is 0 Å². The van der Waals surface area contributed by atoms with Gasteiger partial charge in [0.25, 0.3) is 0 Å². The van der Waals surface area contributed by atoms with Crippen LogP contribution in [0.1, 0.15) is 0 Å². The molecular formula is H2CaMnO3. The Kier molecular flexibility index (Phi) is 59.6. The van der Waals surface area contributed by atoms with Gasteiger partial charge in [-0.15, -0.1) is 0 Å². The van der Waals surface area contributed by atoms with Crippen molar-refractivity contribution >= 4 is 37.7 Å². The average molecular weight is 145 g/mol. The van der Waals surface area contributed by atoms with Gasteiger partial charge in [0.15, 0.2) is 0 Å². The first-order valence-corrected chi connectivity index (χ1v) is 1.27. The van der Waals surface area contributed by atoms with Gasteiger partial charge in [-0.3, -0.25) is 0 Å². The van der Waals surface area contributed by atoms with Gasteiger partial charge in [-0.05, 0) is 0 Å². The molecule has 0 aliphatic carbocycles. The molecule has 0 saturated heterocycles. The zero-order valence-electron chi connectivity index (χ0n) is 2.64. The topological polar surface area (TPSA) is 64.1 Å². The van der Waals surface area contributed by atoms with Crippen molar-refractivity contribution < 1.29 is 28.0 Å². The predicted octanol–water partition coefficient (Wildman–Crippen LogP) is -1.07. The normalized spacial score (nSPS) is 2.40. The zero-order chi connectivity index (χ0) is 2.71. The standard InChI is InChI=1S/Ca.Mn.H2O.2O.H/h;;1H2;;;/q+1;;;;;/p-1. The van der Waals surface area contributed by atoms with Crippen LogP contribution in [0.4, 0.5) is 0 Å². The Morgan fingerprint density at radius 3 is 1.20 bits per heavy atom. The van der Waals surface area contributed by atoms with Crippen LogP contribution in [0.2, 0.25) is 0 Å². The molecule has 0 radical (unpaired) electrons. The second kappa shape index (κ2) is 18.4. The van der Waals surface area contributed by atoms with Gasteiger partial charge in [-0.2, -0.15) is 0 Å². The Labute approximate surface area is 65.0 Å². The van der Waals surface area contributed by atoms with Gasteiger partial charge >= 0.3 is 60.2 Å². The van der Waals surface area contributed by atoms with Gasteiger partial charge in [0.1, 0.15) is 0 Å². The second-order valence-corrected chi connectivity index (χ2v) is 0.260. The Balaban J connectivity index is -0.0000000200. The van der Waals surface area contributed by atoms with E-state index in [4.69, 9.17) is 7.67 Å². The molecule has 0 amide bonds. The molecule has 0 aromatic carbocycles. The van der Waals surface area contributed by atoms with Crippen LogP contribution in [-0.4, -0.2) is 43.2 Å². The summed E-state index contributed by atoms with van der Waals surface area (Å²) in [6, 6.07) is 0. The summed E-state index contributed by atoms with van der Waals surface area (Å²) in [6.45, 7) is 0. The van der Waals surface area contributed by atoms with E-state index in [1.165, 1.54) is 0 Å². The van der Waals surface area contributed by atoms with Gasteiger partial charge in [-0.25, -0.2) is 0 Å². The van der Waals surface area contributed by atoms with E-state index >= 15 is 0 Å². The van der Waals surface area contributed by atoms with E-state index in [-0.39, 0.29) is 43.2 Å². The van der Waals surface area contributed by atoms with Crippen LogP contribution in [0, 0.1) is 0 Å². The first-order valence-electron chi connectivity index (χ1n) is 0.309. The SMILES string of the molecule is [CaH+].[OH-].[O]=[Mn]=[O]. The Morgan fingerprint density at radius 1 is 1.20 bits per heavy atom. The van der Waals surface area contributed by atoms with E-state index in [0.717, 1.165) is 0 Å². The second-order valence-electron chi connectivity index (χ2n) is 0.0630. The molecule has 5 heavy (non-hydrogen) atoms. The molecule has 0 heterocycles. The molecule has 0 bridgehead atoms. The summed E-state index contributed by atoms with van der Waals surface area (Å²) in [6.07, 6.45) is 0. The maximum absolute atomic E-state index is 8.41. The van der Waals surface area contributed by atoms with E-state index in [1.54, 1.807) is 0 Å². The molecule has 0 aliphatic rings. The number of hydrogen-bond donors (Lipinski definition) is 0. The fourth-order valence-electron chi connectivity index (χ4n) is 0. The molecule has 5 heteroatoms. The third-order valence-electron chi connectivity index (χ3n) is 0. The van der Waals surface area contributed by atoms with Crippen molar-refractivity contribution in [1.29, 1.82) is 0 Å². The molecule has 1 N–H and O–H groups in total. The minimum absolute atomic E-state index is 0. The van der Waals surface area contributed by atoms with Crippen molar-refractivity contribution in [2.45, 2.75) is 0 Å². The summed E-state index contributed by atoms with van der Waals surface area (Å²) < 4.78 is 16.8. The van der Waals surface area contributed by atoms with Gasteiger partial charge in [0, 0.05) is 0 Å². The fraction of sp³-hybridized carbons (Fsp3) is 0. The van der Waals surface area contributed by atoms with E-state index in [2.05, 4.69) is 0 Å². The average Bonchev–Trinajstić information content (AvgIpc) is 0.918. The maximum atomic E-state index is 8.41. The summed E-state index contributed by atoms with van der Waals surface area (Å²) in [4.78, 5) is 0. The van der Waals surface area contributed by atoms with Crippen molar-refractivity contribution in [3.05, 3.63) is 0 Å². The summed E-state index contributed by atoms with van der Waals surface area (Å²) in [5.41, 5.74) is 0. The zero-order valence-corrected chi connectivity index (χ0v) is 6.95. The molecule has 0 aromatic heterocycles. The van der Waals surface area contributed by atoms with Crippen LogP contribution in [0.15, 0.2) is 0 Å². The summed E-state index contributed by atoms with van der Waals surface area (Å²) in [7, 11) is 0. The van der Waals surface area contributed by atoms with E-state index in [1.807, 2.05) is 0 Å². The summed E-state index contributed by atoms with van der Waals surface area (Å²) >= 11 is -1.44. The van der Waals surface area contributed by atoms with E-state index < -0.39 is 14.8 Å². The molecule has 0 spiro atoms. The van der Waals surface area contributed by atoms with E-state index in [0.29, 0.717) is 0 Å². The minimum atomic E-state index is -1.44. The molecule has 0 aromatic rings. The van der Waals surface area contributed by atoms with Crippen molar-refractivity contribution in [1.82, 2.24) is 0 Å². The Morgan fingerprint density at radius 2 is 1.20 bits per heavy atom. The molecule has 0 rings (SSSR count). The monoisotopic (exact) mass is 145 g/mol. The van der Waals surface area contributed by atoms with Crippen LogP contribution in [-0.2, 0) is 22.5 Å². The van der Waals surface area contributed by atoms with Crippen molar-refractivity contribution in [2.75, 3.05) is 0 Å². The Bertz CT molecular complexity index is 27.9. The molecule has 0 aliphatic heterocycles. The van der Waals surface area contributed by atoms with Gasteiger partial charge in [-0.1, -0.05) is 0 Å². The van der Waals surface area contributed by atoms with Gasteiger partial charge < -0.3 is 5.48 Å².